The van der Waals surface area contributed by atoms with E-state index in [0.29, 0.717) is 0 Å². The molecule has 76 valence electrons. The molecule has 1 aliphatic carbocycles. The summed E-state index contributed by atoms with van der Waals surface area (Å²) in [6.45, 7) is 7.37. The predicted octanol–water partition coefficient (Wildman–Crippen LogP) is 1.18. The fourth-order valence-corrected chi connectivity index (χ4v) is 2.89. The first-order valence-corrected chi connectivity index (χ1v) is 6.47. The minimum Gasteiger partial charge on any atom is -0.313 e. The molecule has 0 aromatic heterocycles. The highest BCUT2D eigenvalue weighted by Crippen LogP contribution is 2.19. The van der Waals surface area contributed by atoms with Crippen LogP contribution in [0.25, 0.3) is 0 Å². The van der Waals surface area contributed by atoms with E-state index >= 15 is 0 Å². The maximum absolute atomic E-state index is 3.57. The van der Waals surface area contributed by atoms with Crippen LogP contribution in [0.3, 0.4) is 0 Å². The molecule has 2 nitrogen and oxygen atoms in total. The Bertz CT molecular complexity index is 159. The van der Waals surface area contributed by atoms with Crippen molar-refractivity contribution in [1.29, 1.82) is 0 Å². The van der Waals surface area contributed by atoms with Crippen LogP contribution in [-0.4, -0.2) is 48.1 Å². The van der Waals surface area contributed by atoms with Crippen molar-refractivity contribution in [2.24, 2.45) is 0 Å². The van der Waals surface area contributed by atoms with Gasteiger partial charge >= 0.3 is 0 Å². The first kappa shape index (κ1) is 9.81. The summed E-state index contributed by atoms with van der Waals surface area (Å²) in [7, 11) is 0. The number of nitrogens with one attached hydrogen (secondary N) is 1. The largest absolute Gasteiger partial charge is 0.313 e. The third kappa shape index (κ3) is 3.49. The highest BCUT2D eigenvalue weighted by molar-refractivity contribution is 7.99. The number of hydrogen-bond acceptors (Lipinski definition) is 3. The molecule has 0 amide bonds. The Morgan fingerprint density at radius 1 is 1.46 bits per heavy atom. The Balaban J connectivity index is 1.56. The normalized spacial score (nSPS) is 30.7. The number of hydrogen-bond donors (Lipinski definition) is 1. The van der Waals surface area contributed by atoms with E-state index < -0.39 is 0 Å². The summed E-state index contributed by atoms with van der Waals surface area (Å²) < 4.78 is 0. The van der Waals surface area contributed by atoms with E-state index in [9.17, 15) is 0 Å². The van der Waals surface area contributed by atoms with Crippen molar-refractivity contribution in [2.75, 3.05) is 31.9 Å². The third-order valence-electron chi connectivity index (χ3n) is 2.76. The Kier molecular flexibility index (Phi) is 3.52. The average Bonchev–Trinajstić information content (AvgIpc) is 2.88. The van der Waals surface area contributed by atoms with Crippen molar-refractivity contribution in [3.05, 3.63) is 0 Å². The maximum atomic E-state index is 3.57. The van der Waals surface area contributed by atoms with E-state index in [4.69, 9.17) is 0 Å². The molecule has 1 unspecified atom stereocenters. The van der Waals surface area contributed by atoms with Gasteiger partial charge in [0.25, 0.3) is 0 Å². The fourth-order valence-electron chi connectivity index (χ4n) is 1.81. The van der Waals surface area contributed by atoms with Gasteiger partial charge in [0.15, 0.2) is 0 Å². The zero-order valence-electron chi connectivity index (χ0n) is 8.46. The monoisotopic (exact) mass is 200 g/mol. The number of rotatable bonds is 4. The first-order chi connectivity index (χ1) is 6.34. The first-order valence-electron chi connectivity index (χ1n) is 5.42. The van der Waals surface area contributed by atoms with Crippen molar-refractivity contribution in [2.45, 2.75) is 31.1 Å². The lowest BCUT2D eigenvalue weighted by atomic mass is 10.3. The Morgan fingerprint density at radius 3 is 3.00 bits per heavy atom. The van der Waals surface area contributed by atoms with E-state index in [-0.39, 0.29) is 0 Å². The van der Waals surface area contributed by atoms with Crippen LogP contribution in [0, 0.1) is 0 Å². The van der Waals surface area contributed by atoms with Gasteiger partial charge in [0.2, 0.25) is 0 Å². The van der Waals surface area contributed by atoms with E-state index in [1.54, 1.807) is 0 Å². The Labute approximate surface area is 85.4 Å². The van der Waals surface area contributed by atoms with Gasteiger partial charge in [-0.25, -0.2) is 0 Å². The topological polar surface area (TPSA) is 15.3 Å². The fraction of sp³-hybridized carbons (Fsp3) is 1.00. The van der Waals surface area contributed by atoms with Gasteiger partial charge in [-0.05, 0) is 12.8 Å². The molecule has 2 aliphatic rings. The van der Waals surface area contributed by atoms with Crippen molar-refractivity contribution >= 4 is 11.8 Å². The molecule has 1 atom stereocenters. The van der Waals surface area contributed by atoms with Gasteiger partial charge in [0, 0.05) is 43.2 Å². The van der Waals surface area contributed by atoms with Crippen molar-refractivity contribution in [1.82, 2.24) is 10.2 Å². The molecule has 0 spiro atoms. The second-order valence-corrected chi connectivity index (χ2v) is 5.76. The smallest absolute Gasteiger partial charge is 0.0147 e. The van der Waals surface area contributed by atoms with Gasteiger partial charge in [-0.1, -0.05) is 6.92 Å². The van der Waals surface area contributed by atoms with Crippen LogP contribution in [0.4, 0.5) is 0 Å². The minimum absolute atomic E-state index is 0.842. The van der Waals surface area contributed by atoms with Gasteiger partial charge in [-0.15, -0.1) is 0 Å². The van der Waals surface area contributed by atoms with Crippen LogP contribution >= 0.6 is 11.8 Å². The standard InChI is InChI=1S/C10H20N2S/c1-9-8-12(6-7-13-9)5-4-11-10-2-3-10/h9-11H,2-8H2,1H3. The molecule has 2 fully saturated rings. The molecular weight excluding hydrogens is 180 g/mol. The number of thioether (sulfide) groups is 1. The summed E-state index contributed by atoms with van der Waals surface area (Å²) in [5, 5.41) is 4.41. The molecule has 2 rings (SSSR count). The van der Waals surface area contributed by atoms with Crippen LogP contribution in [0.5, 0.6) is 0 Å². The molecule has 1 saturated heterocycles. The van der Waals surface area contributed by atoms with Gasteiger partial charge in [0.05, 0.1) is 0 Å². The molecule has 13 heavy (non-hydrogen) atoms. The molecule has 1 aliphatic heterocycles. The lowest BCUT2D eigenvalue weighted by molar-refractivity contribution is 0.285. The van der Waals surface area contributed by atoms with Crippen molar-refractivity contribution in [3.8, 4) is 0 Å². The molecule has 0 bridgehead atoms. The number of nitrogens with zero attached hydrogens (tertiary/aromatic N) is 1. The molecule has 0 aromatic carbocycles. The maximum Gasteiger partial charge on any atom is 0.0147 e. The van der Waals surface area contributed by atoms with E-state index in [2.05, 4.69) is 28.9 Å². The van der Waals surface area contributed by atoms with Gasteiger partial charge in [0.1, 0.15) is 0 Å². The van der Waals surface area contributed by atoms with Gasteiger partial charge < -0.3 is 10.2 Å². The highest BCUT2D eigenvalue weighted by Gasteiger charge is 2.21. The summed E-state index contributed by atoms with van der Waals surface area (Å²) in [6, 6.07) is 0.872. The van der Waals surface area contributed by atoms with Crippen molar-refractivity contribution < 1.29 is 0 Å². The third-order valence-corrected chi connectivity index (χ3v) is 3.90. The summed E-state index contributed by atoms with van der Waals surface area (Å²) in [4.78, 5) is 2.59. The molecule has 3 heteroatoms. The summed E-state index contributed by atoms with van der Waals surface area (Å²) in [5.74, 6) is 1.32. The summed E-state index contributed by atoms with van der Waals surface area (Å²) >= 11 is 2.11. The SMILES string of the molecule is CC1CN(CCNC2CC2)CCS1. The molecule has 1 heterocycles. The molecule has 1 N–H and O–H groups in total. The van der Waals surface area contributed by atoms with Crippen LogP contribution in [-0.2, 0) is 0 Å². The van der Waals surface area contributed by atoms with Gasteiger partial charge in [-0.3, -0.25) is 0 Å². The van der Waals surface area contributed by atoms with Crippen LogP contribution in [0.15, 0.2) is 0 Å². The lowest BCUT2D eigenvalue weighted by Gasteiger charge is -2.30. The second kappa shape index (κ2) is 4.67. The van der Waals surface area contributed by atoms with Crippen LogP contribution in [0.2, 0.25) is 0 Å². The summed E-state index contributed by atoms with van der Waals surface area (Å²) in [5.41, 5.74) is 0. The Morgan fingerprint density at radius 2 is 2.31 bits per heavy atom. The summed E-state index contributed by atoms with van der Waals surface area (Å²) in [6.07, 6.45) is 2.82. The quantitative estimate of drug-likeness (QED) is 0.733. The van der Waals surface area contributed by atoms with Crippen molar-refractivity contribution in [3.63, 3.8) is 0 Å². The van der Waals surface area contributed by atoms with Crippen LogP contribution < -0.4 is 5.32 Å². The molecule has 1 saturated carbocycles. The van der Waals surface area contributed by atoms with Crippen LogP contribution in [0.1, 0.15) is 19.8 Å². The zero-order chi connectivity index (χ0) is 9.10. The predicted molar refractivity (Wildman–Crippen MR) is 59.4 cm³/mol. The molecular formula is C10H20N2S. The van der Waals surface area contributed by atoms with E-state index in [0.717, 1.165) is 11.3 Å². The van der Waals surface area contributed by atoms with E-state index in [1.807, 2.05) is 0 Å². The van der Waals surface area contributed by atoms with Gasteiger partial charge in [-0.2, -0.15) is 11.8 Å². The molecule has 0 aromatic rings. The highest BCUT2D eigenvalue weighted by atomic mass is 32.2. The Hall–Kier alpha value is 0.270. The average molecular weight is 200 g/mol. The second-order valence-electron chi connectivity index (χ2n) is 4.21. The lowest BCUT2D eigenvalue weighted by Crippen LogP contribution is -2.40. The van der Waals surface area contributed by atoms with E-state index in [1.165, 1.54) is 44.8 Å². The zero-order valence-corrected chi connectivity index (χ0v) is 9.28. The molecule has 0 radical (unpaired) electrons. The minimum atomic E-state index is 0.842.